The molecule has 1 atom stereocenters. The van der Waals surface area contributed by atoms with Gasteiger partial charge in [-0.05, 0) is 43.5 Å². The van der Waals surface area contributed by atoms with Crippen molar-refractivity contribution in [1.29, 1.82) is 0 Å². The molecule has 0 unspecified atom stereocenters. The quantitative estimate of drug-likeness (QED) is 0.886. The molecular weight excluding hydrogens is 320 g/mol. The third kappa shape index (κ3) is 3.93. The van der Waals surface area contributed by atoms with Gasteiger partial charge in [0.2, 0.25) is 5.91 Å². The number of anilines is 1. The summed E-state index contributed by atoms with van der Waals surface area (Å²) in [6.07, 6.45) is 4.59. The predicted molar refractivity (Wildman–Crippen MR) is 93.3 cm³/mol. The van der Waals surface area contributed by atoms with E-state index in [9.17, 15) is 14.4 Å². The number of amides is 2. The molecule has 0 aliphatic carbocycles. The minimum atomic E-state index is -0.414. The summed E-state index contributed by atoms with van der Waals surface area (Å²) in [5, 5.41) is 2.79. The molecule has 130 valence electrons. The topological polar surface area (TPSA) is 95.2 Å². The molecule has 2 N–H and O–H groups in total. The first kappa shape index (κ1) is 16.9. The molecule has 2 aromatic heterocycles. The van der Waals surface area contributed by atoms with Crippen LogP contribution in [0, 0.1) is 12.8 Å². The Balaban J connectivity index is 1.67. The van der Waals surface area contributed by atoms with E-state index in [1.54, 1.807) is 23.2 Å². The Kier molecular flexibility index (Phi) is 4.92. The second kappa shape index (κ2) is 7.29. The van der Waals surface area contributed by atoms with Crippen molar-refractivity contribution in [3.05, 3.63) is 58.1 Å². The van der Waals surface area contributed by atoms with Crippen molar-refractivity contribution in [3.8, 4) is 0 Å². The van der Waals surface area contributed by atoms with Gasteiger partial charge in [-0.2, -0.15) is 0 Å². The fourth-order valence-electron chi connectivity index (χ4n) is 2.91. The van der Waals surface area contributed by atoms with Crippen LogP contribution in [0.3, 0.4) is 0 Å². The summed E-state index contributed by atoms with van der Waals surface area (Å²) < 4.78 is 0. The van der Waals surface area contributed by atoms with Crippen LogP contribution in [-0.4, -0.2) is 39.8 Å². The lowest BCUT2D eigenvalue weighted by molar-refractivity contribution is -0.121. The molecule has 1 aliphatic heterocycles. The van der Waals surface area contributed by atoms with Gasteiger partial charge in [0, 0.05) is 25.5 Å². The molecule has 0 spiro atoms. The average Bonchev–Trinajstić information content (AvgIpc) is 2.63. The lowest BCUT2D eigenvalue weighted by Crippen LogP contribution is -2.45. The average molecular weight is 340 g/mol. The molecule has 0 bridgehead atoms. The van der Waals surface area contributed by atoms with Crippen LogP contribution in [0.4, 0.5) is 5.82 Å². The molecule has 3 rings (SSSR count). The van der Waals surface area contributed by atoms with E-state index in [4.69, 9.17) is 0 Å². The monoisotopic (exact) mass is 340 g/mol. The minimum absolute atomic E-state index is 0.101. The van der Waals surface area contributed by atoms with Crippen LogP contribution in [0.2, 0.25) is 0 Å². The van der Waals surface area contributed by atoms with Crippen molar-refractivity contribution in [3.63, 3.8) is 0 Å². The molecule has 0 radical (unpaired) electrons. The first-order valence-electron chi connectivity index (χ1n) is 8.25. The molecular formula is C18H20N4O3. The third-order valence-electron chi connectivity index (χ3n) is 4.29. The van der Waals surface area contributed by atoms with E-state index in [0.717, 1.165) is 12.0 Å². The number of rotatable bonds is 3. The number of H-pyrrole nitrogens is 1. The molecule has 25 heavy (non-hydrogen) atoms. The van der Waals surface area contributed by atoms with Crippen molar-refractivity contribution in [2.45, 2.75) is 19.8 Å². The fraction of sp³-hybridized carbons (Fsp3) is 0.333. The van der Waals surface area contributed by atoms with Gasteiger partial charge in [-0.25, -0.2) is 4.98 Å². The van der Waals surface area contributed by atoms with Crippen LogP contribution in [0.1, 0.15) is 28.8 Å². The Morgan fingerprint density at radius 2 is 2.16 bits per heavy atom. The van der Waals surface area contributed by atoms with Crippen molar-refractivity contribution in [1.82, 2.24) is 14.9 Å². The Morgan fingerprint density at radius 3 is 2.88 bits per heavy atom. The smallest absolute Gasteiger partial charge is 0.260 e. The molecule has 0 saturated carbocycles. The maximum absolute atomic E-state index is 12.5. The van der Waals surface area contributed by atoms with Crippen molar-refractivity contribution < 1.29 is 9.59 Å². The van der Waals surface area contributed by atoms with Gasteiger partial charge in [-0.1, -0.05) is 6.07 Å². The zero-order valence-corrected chi connectivity index (χ0v) is 14.0. The van der Waals surface area contributed by atoms with Crippen LogP contribution >= 0.6 is 0 Å². The highest BCUT2D eigenvalue weighted by atomic mass is 16.2. The molecule has 1 aliphatic rings. The summed E-state index contributed by atoms with van der Waals surface area (Å²) in [6, 6.07) is 6.75. The number of aryl methyl sites for hydroxylation is 1. The molecule has 7 nitrogen and oxygen atoms in total. The molecule has 1 saturated heterocycles. The molecule has 3 heterocycles. The summed E-state index contributed by atoms with van der Waals surface area (Å²) in [5.41, 5.74) is 0.701. The van der Waals surface area contributed by atoms with E-state index in [2.05, 4.69) is 15.3 Å². The van der Waals surface area contributed by atoms with E-state index in [1.165, 1.54) is 12.3 Å². The number of aromatic nitrogens is 2. The van der Waals surface area contributed by atoms with Crippen LogP contribution in [0.15, 0.2) is 41.5 Å². The van der Waals surface area contributed by atoms with Crippen LogP contribution in [0.5, 0.6) is 0 Å². The Morgan fingerprint density at radius 1 is 1.32 bits per heavy atom. The fourth-order valence-corrected chi connectivity index (χ4v) is 2.91. The third-order valence-corrected chi connectivity index (χ3v) is 4.29. The largest absolute Gasteiger partial charge is 0.338 e. The number of likely N-dealkylation sites (tertiary alicyclic amines) is 1. The summed E-state index contributed by atoms with van der Waals surface area (Å²) >= 11 is 0. The van der Waals surface area contributed by atoms with Crippen LogP contribution in [-0.2, 0) is 4.79 Å². The van der Waals surface area contributed by atoms with E-state index in [1.807, 2.05) is 13.0 Å². The highest BCUT2D eigenvalue weighted by molar-refractivity contribution is 5.95. The Labute approximate surface area is 145 Å². The van der Waals surface area contributed by atoms with Crippen LogP contribution < -0.4 is 10.9 Å². The number of pyridine rings is 2. The van der Waals surface area contributed by atoms with Crippen molar-refractivity contribution in [2.24, 2.45) is 5.92 Å². The molecule has 2 amide bonds. The molecule has 2 aromatic rings. The number of nitrogens with one attached hydrogen (secondary N) is 2. The summed E-state index contributed by atoms with van der Waals surface area (Å²) in [5.74, 6) is -0.314. The summed E-state index contributed by atoms with van der Waals surface area (Å²) in [4.78, 5) is 45.0. The number of aromatic amines is 1. The van der Waals surface area contributed by atoms with E-state index in [0.29, 0.717) is 25.3 Å². The zero-order chi connectivity index (χ0) is 17.8. The first-order chi connectivity index (χ1) is 12.0. The SMILES string of the molecule is Cc1ccc(NC(=O)[C@H]2CCCN(C(=O)c3ccc[nH]c3=O)C2)nc1. The van der Waals surface area contributed by atoms with E-state index >= 15 is 0 Å². The number of hydrogen-bond acceptors (Lipinski definition) is 4. The summed E-state index contributed by atoms with van der Waals surface area (Å²) in [6.45, 7) is 2.76. The Hall–Kier alpha value is -2.96. The Bertz CT molecular complexity index is 829. The van der Waals surface area contributed by atoms with Gasteiger partial charge in [0.05, 0.1) is 5.92 Å². The van der Waals surface area contributed by atoms with Crippen molar-refractivity contribution in [2.75, 3.05) is 18.4 Å². The lowest BCUT2D eigenvalue weighted by atomic mass is 9.96. The highest BCUT2D eigenvalue weighted by Crippen LogP contribution is 2.19. The highest BCUT2D eigenvalue weighted by Gasteiger charge is 2.29. The standard InChI is InChI=1S/C18H20N4O3/c1-12-6-7-15(20-10-12)21-16(23)13-4-3-9-22(11-13)18(25)14-5-2-8-19-17(14)24/h2,5-8,10,13H,3-4,9,11H2,1H3,(H,19,24)(H,20,21,23)/t13-/m0/s1. The van der Waals surface area contributed by atoms with Crippen molar-refractivity contribution >= 4 is 17.6 Å². The minimum Gasteiger partial charge on any atom is -0.338 e. The predicted octanol–water partition coefficient (Wildman–Crippen LogP) is 1.57. The number of hydrogen-bond donors (Lipinski definition) is 2. The normalized spacial score (nSPS) is 17.2. The number of piperidine rings is 1. The maximum atomic E-state index is 12.5. The van der Waals surface area contributed by atoms with Gasteiger partial charge in [-0.15, -0.1) is 0 Å². The van der Waals surface area contributed by atoms with Gasteiger partial charge >= 0.3 is 0 Å². The molecule has 1 fully saturated rings. The number of nitrogens with zero attached hydrogens (tertiary/aromatic N) is 2. The van der Waals surface area contributed by atoms with Gasteiger partial charge in [0.15, 0.2) is 0 Å². The summed E-state index contributed by atoms with van der Waals surface area (Å²) in [7, 11) is 0. The van der Waals surface area contributed by atoms with Gasteiger partial charge in [0.1, 0.15) is 11.4 Å². The molecule has 0 aromatic carbocycles. The zero-order valence-electron chi connectivity index (χ0n) is 14.0. The maximum Gasteiger partial charge on any atom is 0.260 e. The van der Waals surface area contributed by atoms with E-state index in [-0.39, 0.29) is 23.3 Å². The van der Waals surface area contributed by atoms with E-state index < -0.39 is 5.56 Å². The van der Waals surface area contributed by atoms with Gasteiger partial charge in [-0.3, -0.25) is 14.4 Å². The second-order valence-electron chi connectivity index (χ2n) is 6.21. The first-order valence-corrected chi connectivity index (χ1v) is 8.25. The second-order valence-corrected chi connectivity index (χ2v) is 6.21. The van der Waals surface area contributed by atoms with Crippen LogP contribution in [0.25, 0.3) is 0 Å². The van der Waals surface area contributed by atoms with Gasteiger partial charge in [0.25, 0.3) is 11.5 Å². The van der Waals surface area contributed by atoms with Gasteiger partial charge < -0.3 is 15.2 Å². The number of carbonyl (C=O) groups excluding carboxylic acids is 2. The lowest BCUT2D eigenvalue weighted by Gasteiger charge is -2.31. The molecule has 7 heteroatoms. The number of carbonyl (C=O) groups is 2.